The molecule has 3 nitrogen and oxygen atoms in total. The highest BCUT2D eigenvalue weighted by molar-refractivity contribution is 6.29. The molecule has 1 N–H and O–H groups in total. The van der Waals surface area contributed by atoms with Crippen molar-refractivity contribution in [2.24, 2.45) is 10.4 Å². The van der Waals surface area contributed by atoms with Crippen molar-refractivity contribution in [2.75, 3.05) is 26.7 Å². The lowest BCUT2D eigenvalue weighted by Gasteiger charge is -2.40. The minimum absolute atomic E-state index is 0.260. The summed E-state index contributed by atoms with van der Waals surface area (Å²) in [6, 6.07) is 0. The maximum atomic E-state index is 14.0. The molecule has 0 aromatic rings. The van der Waals surface area contributed by atoms with Crippen LogP contribution in [0.5, 0.6) is 0 Å². The third-order valence-corrected chi connectivity index (χ3v) is 4.14. The van der Waals surface area contributed by atoms with Crippen LogP contribution >= 0.6 is 11.6 Å². The second kappa shape index (κ2) is 6.06. The zero-order chi connectivity index (χ0) is 13.9. The standard InChI is InChI=1S/C14H21ClFN3/c1-14(10-17-2)5-7-19(8-6-14)13-12(16)4-3-11(15)9-18-13/h4,9,17H,3,5-8,10H2,1-2H3. The average Bonchev–Trinajstić information content (AvgIpc) is 2.54. The molecule has 5 heteroatoms. The number of aliphatic imine (C=N–C) groups is 1. The molecule has 2 rings (SSSR count). The highest BCUT2D eigenvalue weighted by Gasteiger charge is 2.31. The van der Waals surface area contributed by atoms with Crippen molar-refractivity contribution in [2.45, 2.75) is 26.2 Å². The predicted molar refractivity (Wildman–Crippen MR) is 78.0 cm³/mol. The smallest absolute Gasteiger partial charge is 0.164 e. The van der Waals surface area contributed by atoms with Crippen molar-refractivity contribution < 1.29 is 4.39 Å². The summed E-state index contributed by atoms with van der Waals surface area (Å²) in [6.45, 7) is 4.95. The van der Waals surface area contributed by atoms with E-state index in [1.54, 1.807) is 6.20 Å². The summed E-state index contributed by atoms with van der Waals surface area (Å²) >= 11 is 5.89. The first-order valence-electron chi connectivity index (χ1n) is 6.72. The van der Waals surface area contributed by atoms with E-state index in [9.17, 15) is 4.39 Å². The molecule has 0 atom stereocenters. The zero-order valence-electron chi connectivity index (χ0n) is 11.5. The van der Waals surface area contributed by atoms with Crippen LogP contribution in [0.15, 0.2) is 28.1 Å². The molecule has 106 valence electrons. The first-order chi connectivity index (χ1) is 9.04. The summed E-state index contributed by atoms with van der Waals surface area (Å²) in [4.78, 5) is 6.22. The van der Waals surface area contributed by atoms with Crippen LogP contribution in [0.4, 0.5) is 4.39 Å². The zero-order valence-corrected chi connectivity index (χ0v) is 12.3. The largest absolute Gasteiger partial charge is 0.354 e. The quantitative estimate of drug-likeness (QED) is 0.844. The number of nitrogens with one attached hydrogen (secondary N) is 1. The molecule has 1 fully saturated rings. The lowest BCUT2D eigenvalue weighted by atomic mass is 9.80. The highest BCUT2D eigenvalue weighted by Crippen LogP contribution is 2.31. The van der Waals surface area contributed by atoms with Crippen LogP contribution in [0.3, 0.4) is 0 Å². The molecule has 19 heavy (non-hydrogen) atoms. The lowest BCUT2D eigenvalue weighted by molar-refractivity contribution is 0.166. The van der Waals surface area contributed by atoms with Gasteiger partial charge in [-0.25, -0.2) is 9.38 Å². The summed E-state index contributed by atoms with van der Waals surface area (Å²) in [5, 5.41) is 3.81. The molecule has 1 saturated heterocycles. The van der Waals surface area contributed by atoms with Gasteiger partial charge in [0.2, 0.25) is 0 Å². The third kappa shape index (κ3) is 3.57. The van der Waals surface area contributed by atoms with E-state index in [1.807, 2.05) is 11.9 Å². The Morgan fingerprint density at radius 2 is 2.16 bits per heavy atom. The Morgan fingerprint density at radius 3 is 2.79 bits per heavy atom. The van der Waals surface area contributed by atoms with Gasteiger partial charge in [0, 0.05) is 37.3 Å². The number of hydrogen-bond acceptors (Lipinski definition) is 3. The van der Waals surface area contributed by atoms with E-state index in [2.05, 4.69) is 17.2 Å². The normalized spacial score (nSPS) is 23.4. The van der Waals surface area contributed by atoms with Crippen LogP contribution in [0.1, 0.15) is 26.2 Å². The molecule has 2 aliphatic rings. The van der Waals surface area contributed by atoms with Crippen LogP contribution in [0.25, 0.3) is 0 Å². The van der Waals surface area contributed by atoms with Crippen LogP contribution in [0.2, 0.25) is 0 Å². The number of hydrogen-bond donors (Lipinski definition) is 1. The van der Waals surface area contributed by atoms with E-state index < -0.39 is 0 Å². The molecule has 0 spiro atoms. The Bertz CT molecular complexity index is 420. The van der Waals surface area contributed by atoms with Gasteiger partial charge in [-0.15, -0.1) is 0 Å². The van der Waals surface area contributed by atoms with Crippen LogP contribution in [-0.2, 0) is 0 Å². The van der Waals surface area contributed by atoms with E-state index in [1.165, 1.54) is 6.08 Å². The Morgan fingerprint density at radius 1 is 1.47 bits per heavy atom. The minimum atomic E-state index is -0.260. The fraction of sp³-hybridized carbons (Fsp3) is 0.643. The van der Waals surface area contributed by atoms with Gasteiger partial charge in [0.15, 0.2) is 11.7 Å². The molecule has 0 bridgehead atoms. The number of allylic oxidation sites excluding steroid dienone is 2. The molecular formula is C14H21ClFN3. The molecule has 0 aliphatic carbocycles. The Kier molecular flexibility index (Phi) is 4.63. The van der Waals surface area contributed by atoms with E-state index in [4.69, 9.17) is 11.6 Å². The second-order valence-electron chi connectivity index (χ2n) is 5.61. The van der Waals surface area contributed by atoms with Crippen molar-refractivity contribution in [3.05, 3.63) is 23.1 Å². The van der Waals surface area contributed by atoms with Gasteiger partial charge in [0.1, 0.15) is 0 Å². The van der Waals surface area contributed by atoms with Gasteiger partial charge in [0.05, 0.1) is 0 Å². The average molecular weight is 286 g/mol. The molecule has 0 unspecified atom stereocenters. The molecule has 2 heterocycles. The molecular weight excluding hydrogens is 265 g/mol. The maximum Gasteiger partial charge on any atom is 0.164 e. The summed E-state index contributed by atoms with van der Waals surface area (Å²) in [5.74, 6) is 0.172. The number of likely N-dealkylation sites (tertiary alicyclic amines) is 1. The fourth-order valence-corrected chi connectivity index (χ4v) is 2.74. The van der Waals surface area contributed by atoms with Gasteiger partial charge in [-0.1, -0.05) is 18.5 Å². The second-order valence-corrected chi connectivity index (χ2v) is 6.10. The van der Waals surface area contributed by atoms with Crippen molar-refractivity contribution in [1.29, 1.82) is 0 Å². The van der Waals surface area contributed by atoms with E-state index >= 15 is 0 Å². The van der Waals surface area contributed by atoms with Gasteiger partial charge in [-0.3, -0.25) is 0 Å². The number of halogens is 2. The van der Waals surface area contributed by atoms with Crippen molar-refractivity contribution in [3.8, 4) is 0 Å². The first-order valence-corrected chi connectivity index (χ1v) is 7.10. The predicted octanol–water partition coefficient (Wildman–Crippen LogP) is 3.04. The first kappa shape index (κ1) is 14.5. The van der Waals surface area contributed by atoms with Gasteiger partial charge in [0.25, 0.3) is 0 Å². The summed E-state index contributed by atoms with van der Waals surface area (Å²) in [6.07, 6.45) is 5.56. The van der Waals surface area contributed by atoms with Gasteiger partial charge >= 0.3 is 0 Å². The van der Waals surface area contributed by atoms with Crippen LogP contribution < -0.4 is 5.32 Å². The highest BCUT2D eigenvalue weighted by atomic mass is 35.5. The molecule has 0 saturated carbocycles. The monoisotopic (exact) mass is 285 g/mol. The maximum absolute atomic E-state index is 14.0. The Labute approximate surface area is 119 Å². The fourth-order valence-electron chi connectivity index (χ4n) is 2.62. The summed E-state index contributed by atoms with van der Waals surface area (Å²) in [7, 11) is 1.97. The Balaban J connectivity index is 2.05. The molecule has 0 aromatic heterocycles. The lowest BCUT2D eigenvalue weighted by Crippen LogP contribution is -2.45. The van der Waals surface area contributed by atoms with Crippen molar-refractivity contribution in [3.63, 3.8) is 0 Å². The number of nitrogens with zero attached hydrogens (tertiary/aromatic N) is 2. The topological polar surface area (TPSA) is 27.6 Å². The number of amidine groups is 1. The van der Waals surface area contributed by atoms with Gasteiger partial charge in [-0.05, 0) is 31.4 Å². The number of rotatable bonds is 2. The summed E-state index contributed by atoms with van der Waals surface area (Å²) in [5.41, 5.74) is 0.296. The van der Waals surface area contributed by atoms with Crippen LogP contribution in [0, 0.1) is 5.41 Å². The van der Waals surface area contributed by atoms with Gasteiger partial charge in [-0.2, -0.15) is 0 Å². The van der Waals surface area contributed by atoms with Gasteiger partial charge < -0.3 is 10.2 Å². The Hall–Kier alpha value is -0.870. The van der Waals surface area contributed by atoms with Crippen molar-refractivity contribution in [1.82, 2.24) is 10.2 Å². The minimum Gasteiger partial charge on any atom is -0.354 e. The molecule has 0 amide bonds. The molecule has 0 radical (unpaired) electrons. The van der Waals surface area contributed by atoms with Crippen LogP contribution in [-0.4, -0.2) is 37.4 Å². The summed E-state index contributed by atoms with van der Waals surface area (Å²) < 4.78 is 14.0. The number of piperidine rings is 1. The SMILES string of the molecule is CNCC1(C)CCN(C2=NC=C(Cl)CC=C2F)CC1. The van der Waals surface area contributed by atoms with Crippen molar-refractivity contribution >= 4 is 17.4 Å². The third-order valence-electron chi connectivity index (χ3n) is 3.89. The molecule has 0 aromatic carbocycles. The van der Waals surface area contributed by atoms with E-state index in [0.29, 0.717) is 22.7 Å². The van der Waals surface area contributed by atoms with E-state index in [-0.39, 0.29) is 5.83 Å². The molecule has 2 aliphatic heterocycles. The van der Waals surface area contributed by atoms with E-state index in [0.717, 1.165) is 32.5 Å².